The van der Waals surface area contributed by atoms with Gasteiger partial charge >= 0.3 is 0 Å². The number of aromatic nitrogens is 1. The van der Waals surface area contributed by atoms with Crippen molar-refractivity contribution in [3.8, 4) is 17.4 Å². The van der Waals surface area contributed by atoms with Crippen LogP contribution in [0, 0.1) is 0 Å². The molecule has 1 aliphatic rings. The maximum Gasteiger partial charge on any atom is 0.261 e. The first-order valence-electron chi connectivity index (χ1n) is 8.15. The molecule has 26 heavy (non-hydrogen) atoms. The minimum atomic E-state index is -0.724. The normalized spacial score (nSPS) is 14.6. The van der Waals surface area contributed by atoms with Crippen LogP contribution in [0.3, 0.4) is 0 Å². The van der Waals surface area contributed by atoms with Gasteiger partial charge in [-0.2, -0.15) is 0 Å². The van der Waals surface area contributed by atoms with Crippen molar-refractivity contribution in [2.24, 2.45) is 0 Å². The average Bonchev–Trinajstić information content (AvgIpc) is 3.08. The maximum absolute atomic E-state index is 12.6. The fourth-order valence-corrected chi connectivity index (χ4v) is 2.94. The zero-order valence-corrected chi connectivity index (χ0v) is 15.8. The molecule has 0 radical (unpaired) electrons. The smallest absolute Gasteiger partial charge is 0.261 e. The first-order valence-corrected chi connectivity index (χ1v) is 8.91. The van der Waals surface area contributed by atoms with E-state index in [0.717, 1.165) is 5.56 Å². The summed E-state index contributed by atoms with van der Waals surface area (Å²) in [7, 11) is 0. The van der Waals surface area contributed by atoms with E-state index in [1.54, 1.807) is 0 Å². The highest BCUT2D eigenvalue weighted by molar-refractivity contribution is 6.35. The Labute approximate surface area is 161 Å². The Kier molecular flexibility index (Phi) is 5.74. The lowest BCUT2D eigenvalue weighted by molar-refractivity contribution is -0.128. The molecule has 0 saturated carbocycles. The molecule has 1 aromatic carbocycles. The molecule has 8 heteroatoms. The molecule has 3 rings (SSSR count). The molecular weight excluding hydrogens is 379 g/mol. The number of pyridine rings is 1. The van der Waals surface area contributed by atoms with Gasteiger partial charge in [0.2, 0.25) is 12.7 Å². The number of rotatable bonds is 6. The number of hydrogen-bond donors (Lipinski definition) is 1. The number of nitrogens with one attached hydrogen (secondary N) is 1. The number of carbonyl (C=O) groups is 1. The quantitative estimate of drug-likeness (QED) is 0.793. The van der Waals surface area contributed by atoms with E-state index in [1.807, 2.05) is 32.0 Å². The Morgan fingerprint density at radius 1 is 1.31 bits per heavy atom. The van der Waals surface area contributed by atoms with E-state index >= 15 is 0 Å². The Hall–Kier alpha value is -2.18. The summed E-state index contributed by atoms with van der Waals surface area (Å²) < 4.78 is 16.3. The second kappa shape index (κ2) is 8.01. The molecule has 1 aromatic heterocycles. The van der Waals surface area contributed by atoms with Gasteiger partial charge in [0.25, 0.3) is 5.91 Å². The molecule has 0 saturated heterocycles. The largest absolute Gasteiger partial charge is 0.463 e. The van der Waals surface area contributed by atoms with Gasteiger partial charge < -0.3 is 19.5 Å². The van der Waals surface area contributed by atoms with Gasteiger partial charge in [-0.3, -0.25) is 4.79 Å². The highest BCUT2D eigenvalue weighted by Gasteiger charge is 2.23. The SMILES string of the molecule is CCC(Oc1ncc(Cl)cc1Cl)C(=O)NC(C)c1ccc2c(c1)OCO2. The lowest BCUT2D eigenvalue weighted by Gasteiger charge is -2.21. The second-order valence-electron chi connectivity index (χ2n) is 5.80. The zero-order chi connectivity index (χ0) is 18.7. The van der Waals surface area contributed by atoms with E-state index in [1.165, 1.54) is 12.3 Å². The number of benzene rings is 1. The predicted molar refractivity (Wildman–Crippen MR) is 98.1 cm³/mol. The number of amides is 1. The number of nitrogens with zero attached hydrogens (tertiary/aromatic N) is 1. The number of carbonyl (C=O) groups excluding carboxylic acids is 1. The van der Waals surface area contributed by atoms with Gasteiger partial charge in [-0.15, -0.1) is 0 Å². The van der Waals surface area contributed by atoms with Crippen molar-refractivity contribution < 1.29 is 19.0 Å². The highest BCUT2D eigenvalue weighted by atomic mass is 35.5. The van der Waals surface area contributed by atoms with Gasteiger partial charge in [-0.05, 0) is 37.1 Å². The summed E-state index contributed by atoms with van der Waals surface area (Å²) in [5.74, 6) is 1.29. The fraction of sp³-hybridized carbons (Fsp3) is 0.333. The second-order valence-corrected chi connectivity index (χ2v) is 6.64. The standard InChI is InChI=1S/C18H18Cl2N2O4/c1-3-14(26-18-13(20)7-12(19)8-21-18)17(23)22-10(2)11-4-5-15-16(6-11)25-9-24-15/h4-8,10,14H,3,9H2,1-2H3,(H,22,23). The van der Waals surface area contributed by atoms with Gasteiger partial charge in [0, 0.05) is 6.20 Å². The highest BCUT2D eigenvalue weighted by Crippen LogP contribution is 2.34. The van der Waals surface area contributed by atoms with Crippen LogP contribution in [0.5, 0.6) is 17.4 Å². The van der Waals surface area contributed by atoms with Crippen LogP contribution in [0.2, 0.25) is 10.0 Å². The monoisotopic (exact) mass is 396 g/mol. The number of halogens is 2. The van der Waals surface area contributed by atoms with Crippen LogP contribution in [0.4, 0.5) is 0 Å². The minimum Gasteiger partial charge on any atom is -0.463 e. The lowest BCUT2D eigenvalue weighted by Crippen LogP contribution is -2.39. The van der Waals surface area contributed by atoms with Gasteiger partial charge in [-0.25, -0.2) is 4.98 Å². The third kappa shape index (κ3) is 4.14. The summed E-state index contributed by atoms with van der Waals surface area (Å²) >= 11 is 11.9. The van der Waals surface area contributed by atoms with Crippen molar-refractivity contribution >= 4 is 29.1 Å². The molecule has 1 aliphatic heterocycles. The lowest BCUT2D eigenvalue weighted by atomic mass is 10.1. The van der Waals surface area contributed by atoms with Gasteiger partial charge in [0.15, 0.2) is 17.6 Å². The van der Waals surface area contributed by atoms with E-state index in [0.29, 0.717) is 22.9 Å². The van der Waals surface area contributed by atoms with E-state index in [2.05, 4.69) is 10.3 Å². The summed E-state index contributed by atoms with van der Waals surface area (Å²) in [6.45, 7) is 3.94. The number of fused-ring (bicyclic) bond motifs is 1. The first-order chi connectivity index (χ1) is 12.5. The van der Waals surface area contributed by atoms with Crippen molar-refractivity contribution in [2.75, 3.05) is 6.79 Å². The maximum atomic E-state index is 12.6. The first kappa shape index (κ1) is 18.6. The van der Waals surface area contributed by atoms with E-state index in [-0.39, 0.29) is 29.6 Å². The van der Waals surface area contributed by atoms with Crippen molar-refractivity contribution in [3.63, 3.8) is 0 Å². The third-order valence-corrected chi connectivity index (χ3v) is 4.42. The molecule has 2 unspecified atom stereocenters. The van der Waals surface area contributed by atoms with Crippen LogP contribution in [-0.2, 0) is 4.79 Å². The topological polar surface area (TPSA) is 69.7 Å². The predicted octanol–water partition coefficient (Wildman–Crippen LogP) is 4.15. The van der Waals surface area contributed by atoms with Crippen molar-refractivity contribution in [2.45, 2.75) is 32.4 Å². The van der Waals surface area contributed by atoms with Crippen LogP contribution in [-0.4, -0.2) is 23.8 Å². The Morgan fingerprint density at radius 3 is 2.81 bits per heavy atom. The molecule has 0 aliphatic carbocycles. The molecule has 138 valence electrons. The van der Waals surface area contributed by atoms with Gasteiger partial charge in [0.05, 0.1) is 11.1 Å². The molecule has 0 fully saturated rings. The Bertz CT molecular complexity index is 816. The Balaban J connectivity index is 1.66. The molecule has 0 bridgehead atoms. The van der Waals surface area contributed by atoms with Crippen molar-refractivity contribution in [1.29, 1.82) is 0 Å². The molecular formula is C18H18Cl2N2O4. The summed E-state index contributed by atoms with van der Waals surface area (Å²) in [5.41, 5.74) is 0.903. The van der Waals surface area contributed by atoms with E-state index in [4.69, 9.17) is 37.4 Å². The van der Waals surface area contributed by atoms with Crippen LogP contribution in [0.25, 0.3) is 0 Å². The van der Waals surface area contributed by atoms with Crippen LogP contribution < -0.4 is 19.5 Å². The molecule has 2 atom stereocenters. The average molecular weight is 397 g/mol. The number of ether oxygens (including phenoxy) is 3. The third-order valence-electron chi connectivity index (χ3n) is 3.95. The molecule has 1 amide bonds. The fourth-order valence-electron chi connectivity index (χ4n) is 2.52. The van der Waals surface area contributed by atoms with Gasteiger partial charge in [0.1, 0.15) is 5.02 Å². The minimum absolute atomic E-state index is 0.175. The van der Waals surface area contributed by atoms with Crippen LogP contribution in [0.1, 0.15) is 31.9 Å². The molecule has 1 N–H and O–H groups in total. The molecule has 6 nitrogen and oxygen atoms in total. The summed E-state index contributed by atoms with van der Waals surface area (Å²) in [6.07, 6.45) is 1.15. The van der Waals surface area contributed by atoms with E-state index in [9.17, 15) is 4.79 Å². The van der Waals surface area contributed by atoms with Crippen molar-refractivity contribution in [1.82, 2.24) is 10.3 Å². The van der Waals surface area contributed by atoms with Crippen LogP contribution >= 0.6 is 23.2 Å². The molecule has 0 spiro atoms. The van der Waals surface area contributed by atoms with Crippen LogP contribution in [0.15, 0.2) is 30.5 Å². The van der Waals surface area contributed by atoms with Gasteiger partial charge in [-0.1, -0.05) is 36.2 Å². The number of hydrogen-bond acceptors (Lipinski definition) is 5. The summed E-state index contributed by atoms with van der Waals surface area (Å²) in [5, 5.41) is 3.59. The molecule has 2 aromatic rings. The summed E-state index contributed by atoms with van der Waals surface area (Å²) in [4.78, 5) is 16.6. The van der Waals surface area contributed by atoms with Crippen molar-refractivity contribution in [3.05, 3.63) is 46.1 Å². The summed E-state index contributed by atoms with van der Waals surface area (Å²) in [6, 6.07) is 6.85. The Morgan fingerprint density at radius 2 is 2.08 bits per heavy atom. The zero-order valence-electron chi connectivity index (χ0n) is 14.3. The molecule has 2 heterocycles. The van der Waals surface area contributed by atoms with E-state index < -0.39 is 6.10 Å².